The number of fused-ring (bicyclic) bond motifs is 1. The summed E-state index contributed by atoms with van der Waals surface area (Å²) >= 11 is 0. The number of rotatable bonds is 7. The summed E-state index contributed by atoms with van der Waals surface area (Å²) in [5, 5.41) is 0. The van der Waals surface area contributed by atoms with Crippen LogP contribution in [0.1, 0.15) is 25.1 Å². The maximum absolute atomic E-state index is 13.0. The highest BCUT2D eigenvalue weighted by molar-refractivity contribution is 5.81. The lowest BCUT2D eigenvalue weighted by Crippen LogP contribution is -2.42. The topological polar surface area (TPSA) is 59.8 Å². The van der Waals surface area contributed by atoms with E-state index in [-0.39, 0.29) is 5.91 Å². The van der Waals surface area contributed by atoms with Crippen molar-refractivity contribution in [3.8, 4) is 0 Å². The number of morpholine rings is 1. The Morgan fingerprint density at radius 1 is 1.17 bits per heavy atom. The van der Waals surface area contributed by atoms with Crippen molar-refractivity contribution in [1.82, 2.24) is 19.4 Å². The number of piperidine rings is 1. The SMILES string of the molecule is COCc1nc2ccccc2n1CC(=O)N1CCC(CCN2CCOCC2)CC1. The Morgan fingerprint density at radius 2 is 1.93 bits per heavy atom. The maximum Gasteiger partial charge on any atom is 0.242 e. The van der Waals surface area contributed by atoms with E-state index in [4.69, 9.17) is 9.47 Å². The predicted molar refractivity (Wildman–Crippen MR) is 112 cm³/mol. The first-order chi connectivity index (χ1) is 14.2. The Morgan fingerprint density at radius 3 is 2.69 bits per heavy atom. The van der Waals surface area contributed by atoms with Gasteiger partial charge in [0.2, 0.25) is 5.91 Å². The van der Waals surface area contributed by atoms with Crippen molar-refractivity contribution < 1.29 is 14.3 Å². The van der Waals surface area contributed by atoms with E-state index in [9.17, 15) is 4.79 Å². The van der Waals surface area contributed by atoms with Crippen molar-refractivity contribution >= 4 is 16.9 Å². The van der Waals surface area contributed by atoms with Gasteiger partial charge in [0.15, 0.2) is 0 Å². The minimum absolute atomic E-state index is 0.178. The minimum atomic E-state index is 0.178. The number of likely N-dealkylation sites (tertiary alicyclic amines) is 1. The van der Waals surface area contributed by atoms with Crippen LogP contribution in [0.25, 0.3) is 11.0 Å². The molecule has 2 fully saturated rings. The zero-order chi connectivity index (χ0) is 20.1. The average molecular weight is 401 g/mol. The monoisotopic (exact) mass is 400 g/mol. The molecule has 29 heavy (non-hydrogen) atoms. The second kappa shape index (κ2) is 9.69. The van der Waals surface area contributed by atoms with Crippen LogP contribution in [0.5, 0.6) is 0 Å². The summed E-state index contributed by atoms with van der Waals surface area (Å²) in [7, 11) is 1.66. The number of amides is 1. The first kappa shape index (κ1) is 20.3. The van der Waals surface area contributed by atoms with E-state index in [0.29, 0.717) is 13.2 Å². The molecule has 4 rings (SSSR count). The molecule has 0 radical (unpaired) electrons. The van der Waals surface area contributed by atoms with Crippen molar-refractivity contribution in [2.45, 2.75) is 32.4 Å². The summed E-state index contributed by atoms with van der Waals surface area (Å²) in [6.07, 6.45) is 3.43. The zero-order valence-electron chi connectivity index (χ0n) is 17.4. The Hall–Kier alpha value is -1.96. The number of methoxy groups -OCH3 is 1. The van der Waals surface area contributed by atoms with Crippen LogP contribution >= 0.6 is 0 Å². The minimum Gasteiger partial charge on any atom is -0.379 e. The van der Waals surface area contributed by atoms with E-state index >= 15 is 0 Å². The number of nitrogens with zero attached hydrogens (tertiary/aromatic N) is 4. The summed E-state index contributed by atoms with van der Waals surface area (Å²) in [5.41, 5.74) is 1.91. The molecule has 3 heterocycles. The molecular weight excluding hydrogens is 368 g/mol. The first-order valence-electron chi connectivity index (χ1n) is 10.8. The largest absolute Gasteiger partial charge is 0.379 e. The number of carbonyl (C=O) groups excluding carboxylic acids is 1. The van der Waals surface area contributed by atoms with Crippen LogP contribution in [-0.2, 0) is 27.4 Å². The van der Waals surface area contributed by atoms with Gasteiger partial charge in [-0.2, -0.15) is 0 Å². The summed E-state index contributed by atoms with van der Waals surface area (Å²) < 4.78 is 12.7. The quantitative estimate of drug-likeness (QED) is 0.713. The number of hydrogen-bond acceptors (Lipinski definition) is 5. The van der Waals surface area contributed by atoms with Crippen molar-refractivity contribution in [3.05, 3.63) is 30.1 Å². The van der Waals surface area contributed by atoms with Gasteiger partial charge in [-0.3, -0.25) is 9.69 Å². The number of imidazole rings is 1. The highest BCUT2D eigenvalue weighted by atomic mass is 16.5. The van der Waals surface area contributed by atoms with E-state index in [1.54, 1.807) is 7.11 Å². The highest BCUT2D eigenvalue weighted by Crippen LogP contribution is 2.22. The van der Waals surface area contributed by atoms with Gasteiger partial charge in [-0.05, 0) is 43.9 Å². The summed E-state index contributed by atoms with van der Waals surface area (Å²) in [6, 6.07) is 7.96. The van der Waals surface area contributed by atoms with Crippen molar-refractivity contribution in [3.63, 3.8) is 0 Å². The Bertz CT molecular complexity index is 807. The van der Waals surface area contributed by atoms with Gasteiger partial charge in [0.1, 0.15) is 19.0 Å². The van der Waals surface area contributed by atoms with Gasteiger partial charge in [0, 0.05) is 33.3 Å². The molecule has 2 aromatic rings. The molecule has 0 saturated carbocycles. The standard InChI is InChI=1S/C22H32N4O3/c1-28-17-21-23-19-4-2-3-5-20(19)26(21)16-22(27)25-10-7-18(8-11-25)6-9-24-12-14-29-15-13-24/h2-5,18H,6-17H2,1H3. The van der Waals surface area contributed by atoms with Gasteiger partial charge < -0.3 is 18.9 Å². The first-order valence-corrected chi connectivity index (χ1v) is 10.8. The molecule has 0 aliphatic carbocycles. The number of benzene rings is 1. The highest BCUT2D eigenvalue weighted by Gasteiger charge is 2.24. The molecule has 0 atom stereocenters. The maximum atomic E-state index is 13.0. The molecule has 0 N–H and O–H groups in total. The van der Waals surface area contributed by atoms with Crippen LogP contribution < -0.4 is 0 Å². The molecule has 1 aromatic heterocycles. The van der Waals surface area contributed by atoms with Gasteiger partial charge in [-0.15, -0.1) is 0 Å². The average Bonchev–Trinajstić information content (AvgIpc) is 3.11. The van der Waals surface area contributed by atoms with Crippen LogP contribution in [0, 0.1) is 5.92 Å². The molecule has 2 aliphatic heterocycles. The molecule has 0 spiro atoms. The van der Waals surface area contributed by atoms with Gasteiger partial charge in [0.05, 0.1) is 24.2 Å². The summed E-state index contributed by atoms with van der Waals surface area (Å²) in [5.74, 6) is 1.71. The van der Waals surface area contributed by atoms with E-state index in [2.05, 4.69) is 9.88 Å². The molecule has 7 heteroatoms. The fourth-order valence-electron chi connectivity index (χ4n) is 4.44. The molecule has 2 saturated heterocycles. The van der Waals surface area contributed by atoms with E-state index in [1.165, 1.54) is 6.42 Å². The number of hydrogen-bond donors (Lipinski definition) is 0. The van der Waals surface area contributed by atoms with Crippen LogP contribution in [0.15, 0.2) is 24.3 Å². The van der Waals surface area contributed by atoms with Crippen molar-refractivity contribution in [2.24, 2.45) is 5.92 Å². The smallest absolute Gasteiger partial charge is 0.242 e. The summed E-state index contributed by atoms with van der Waals surface area (Å²) in [6.45, 7) is 7.45. The molecule has 7 nitrogen and oxygen atoms in total. The number of ether oxygens (including phenoxy) is 2. The molecule has 1 amide bonds. The van der Waals surface area contributed by atoms with Crippen molar-refractivity contribution in [2.75, 3.05) is 53.0 Å². The van der Waals surface area contributed by atoms with E-state index in [1.807, 2.05) is 33.7 Å². The third-order valence-electron chi connectivity index (χ3n) is 6.22. The summed E-state index contributed by atoms with van der Waals surface area (Å²) in [4.78, 5) is 22.2. The van der Waals surface area contributed by atoms with Crippen molar-refractivity contribution in [1.29, 1.82) is 0 Å². The zero-order valence-corrected chi connectivity index (χ0v) is 17.4. The third-order valence-corrected chi connectivity index (χ3v) is 6.22. The van der Waals surface area contributed by atoms with E-state index < -0.39 is 0 Å². The normalized spacial score (nSPS) is 19.1. The van der Waals surface area contributed by atoms with Gasteiger partial charge in [-0.1, -0.05) is 12.1 Å². The van der Waals surface area contributed by atoms with Crippen LogP contribution in [0.3, 0.4) is 0 Å². The lowest BCUT2D eigenvalue weighted by atomic mass is 9.93. The molecule has 158 valence electrons. The Balaban J connectivity index is 1.31. The second-order valence-corrected chi connectivity index (χ2v) is 8.10. The lowest BCUT2D eigenvalue weighted by Gasteiger charge is -2.34. The molecular formula is C22H32N4O3. The van der Waals surface area contributed by atoms with Gasteiger partial charge in [0.25, 0.3) is 0 Å². The number of aromatic nitrogens is 2. The number of para-hydroxylation sites is 2. The Labute approximate surface area is 172 Å². The molecule has 2 aliphatic rings. The van der Waals surface area contributed by atoms with Gasteiger partial charge >= 0.3 is 0 Å². The Kier molecular flexibility index (Phi) is 6.79. The second-order valence-electron chi connectivity index (χ2n) is 8.10. The molecule has 1 aromatic carbocycles. The molecule has 0 unspecified atom stereocenters. The predicted octanol–water partition coefficient (Wildman–Crippen LogP) is 2.14. The van der Waals surface area contributed by atoms with E-state index in [0.717, 1.165) is 81.6 Å². The fraction of sp³-hybridized carbons (Fsp3) is 0.636. The van der Waals surface area contributed by atoms with Crippen LogP contribution in [-0.4, -0.2) is 78.3 Å². The van der Waals surface area contributed by atoms with Gasteiger partial charge in [-0.25, -0.2) is 4.98 Å². The van der Waals surface area contributed by atoms with Crippen LogP contribution in [0.2, 0.25) is 0 Å². The van der Waals surface area contributed by atoms with Crippen LogP contribution in [0.4, 0.5) is 0 Å². The third kappa shape index (κ3) is 4.97. The molecule has 0 bridgehead atoms. The number of carbonyl (C=O) groups is 1. The lowest BCUT2D eigenvalue weighted by molar-refractivity contribution is -0.133. The fourth-order valence-corrected chi connectivity index (χ4v) is 4.44.